The van der Waals surface area contributed by atoms with Crippen LogP contribution in [0.25, 0.3) is 11.1 Å². The zero-order chi connectivity index (χ0) is 33.9. The second kappa shape index (κ2) is 17.5. The topological polar surface area (TPSA) is 150 Å². The maximum Gasteiger partial charge on any atom is 0.256 e. The van der Waals surface area contributed by atoms with Crippen molar-refractivity contribution in [1.82, 2.24) is 44.9 Å². The lowest BCUT2D eigenvalue weighted by Crippen LogP contribution is -2.43. The summed E-state index contributed by atoms with van der Waals surface area (Å²) in [7, 11) is 2.13. The molecule has 1 saturated carbocycles. The molecule has 0 spiro atoms. The molecule has 1 aliphatic rings. The Kier molecular flexibility index (Phi) is 12.9. The Hall–Kier alpha value is -3.85. The Labute approximate surface area is 286 Å². The molecule has 260 valence electrons. The number of aromatic nitrogens is 8. The molecule has 0 bridgehead atoms. The molecule has 4 aromatic rings. The second-order valence-electron chi connectivity index (χ2n) is 12.1. The smallest absolute Gasteiger partial charge is 0.256 e. The van der Waals surface area contributed by atoms with Crippen molar-refractivity contribution in [1.29, 1.82) is 0 Å². The summed E-state index contributed by atoms with van der Waals surface area (Å²) in [6.07, 6.45) is 12.6. The maximum absolute atomic E-state index is 9.78. The van der Waals surface area contributed by atoms with Gasteiger partial charge in [-0.3, -0.25) is 9.58 Å². The molecule has 1 aliphatic carbocycles. The summed E-state index contributed by atoms with van der Waals surface area (Å²) in [5.41, 5.74) is 2.39. The SMILES string of the molecule is CCOCCCOc1nn([C@H]2CC[C@H](N(C)[C@H](CC)CO)CC2)cc1Nc1ncc(-c2ccc(Cl)c(O[C@@H](C)Cn3cnnn3)c2)cn1. The highest BCUT2D eigenvalue weighted by molar-refractivity contribution is 6.32. The second-order valence-corrected chi connectivity index (χ2v) is 12.5. The van der Waals surface area contributed by atoms with Gasteiger partial charge >= 0.3 is 0 Å². The van der Waals surface area contributed by atoms with E-state index in [1.165, 1.54) is 0 Å². The van der Waals surface area contributed by atoms with E-state index in [4.69, 9.17) is 30.9 Å². The molecule has 0 saturated heterocycles. The quantitative estimate of drug-likeness (QED) is 0.133. The van der Waals surface area contributed by atoms with Crippen molar-refractivity contribution in [2.45, 2.75) is 90.1 Å². The van der Waals surface area contributed by atoms with Gasteiger partial charge in [0.2, 0.25) is 5.95 Å². The van der Waals surface area contributed by atoms with Crippen LogP contribution in [0.1, 0.15) is 65.3 Å². The number of hydrogen-bond donors (Lipinski definition) is 2. The van der Waals surface area contributed by atoms with Crippen LogP contribution in [0.4, 0.5) is 11.6 Å². The van der Waals surface area contributed by atoms with Gasteiger partial charge in [0, 0.05) is 49.7 Å². The number of rotatable bonds is 18. The number of aliphatic hydroxyl groups is 1. The minimum atomic E-state index is -0.211. The lowest BCUT2D eigenvalue weighted by Gasteiger charge is -2.38. The molecule has 15 heteroatoms. The summed E-state index contributed by atoms with van der Waals surface area (Å²) in [5.74, 6) is 1.49. The van der Waals surface area contributed by atoms with E-state index in [0.717, 1.165) is 49.7 Å². The largest absolute Gasteiger partial charge is 0.487 e. The van der Waals surface area contributed by atoms with Gasteiger partial charge in [0.1, 0.15) is 23.9 Å². The molecule has 1 fully saturated rings. The Morgan fingerprint density at radius 1 is 1.10 bits per heavy atom. The fourth-order valence-electron chi connectivity index (χ4n) is 6.02. The monoisotopic (exact) mass is 682 g/mol. The Balaban J connectivity index is 1.26. The lowest BCUT2D eigenvalue weighted by atomic mass is 9.89. The predicted molar refractivity (Wildman–Crippen MR) is 183 cm³/mol. The van der Waals surface area contributed by atoms with Gasteiger partial charge in [-0.05, 0) is 81.1 Å². The Bertz CT molecular complexity index is 1530. The molecule has 3 heterocycles. The summed E-state index contributed by atoms with van der Waals surface area (Å²) < 4.78 is 21.3. The third kappa shape index (κ3) is 9.40. The predicted octanol–water partition coefficient (Wildman–Crippen LogP) is 5.18. The summed E-state index contributed by atoms with van der Waals surface area (Å²) >= 11 is 6.45. The number of hydrogen-bond acceptors (Lipinski definition) is 12. The van der Waals surface area contributed by atoms with Crippen molar-refractivity contribution in [3.05, 3.63) is 48.1 Å². The van der Waals surface area contributed by atoms with Crippen LogP contribution in [0.15, 0.2) is 43.1 Å². The zero-order valence-corrected chi connectivity index (χ0v) is 29.0. The van der Waals surface area contributed by atoms with E-state index in [1.807, 2.05) is 36.9 Å². The number of halogens is 1. The molecule has 2 atom stereocenters. The zero-order valence-electron chi connectivity index (χ0n) is 28.2. The normalized spacial score (nSPS) is 17.7. The first-order chi connectivity index (χ1) is 23.4. The standard InChI is InChI=1S/C33H47ClN10O4/c1-5-26(21-45)42(4)27-9-11-28(12-10-27)44-20-30(32(39-44)47-15-7-14-46-6-2)38-33-35-17-25(18-36-33)24-8-13-29(34)31(16-24)48-23(3)19-43-22-37-40-41-43/h8,13,16-18,20,22-23,26-28,45H,5-7,9-12,14-15,19,21H2,1-4H3,(H,35,36,38)/t23-,26+,27-,28-/m0/s1. The number of tetrazole rings is 1. The van der Waals surface area contributed by atoms with Gasteiger partial charge in [0.25, 0.3) is 5.88 Å². The number of anilines is 2. The molecule has 0 radical (unpaired) electrons. The molecule has 5 rings (SSSR count). The third-order valence-corrected chi connectivity index (χ3v) is 9.09. The molecule has 0 unspecified atom stereocenters. The van der Waals surface area contributed by atoms with E-state index in [0.29, 0.717) is 60.7 Å². The van der Waals surface area contributed by atoms with E-state index in [-0.39, 0.29) is 24.8 Å². The van der Waals surface area contributed by atoms with Crippen molar-refractivity contribution in [2.24, 2.45) is 0 Å². The van der Waals surface area contributed by atoms with Crippen LogP contribution in [0.2, 0.25) is 5.02 Å². The first-order valence-electron chi connectivity index (χ1n) is 16.8. The number of likely N-dealkylation sites (N-methyl/N-ethyl adjacent to an activating group) is 1. The highest BCUT2D eigenvalue weighted by atomic mass is 35.5. The molecule has 0 amide bonds. The summed E-state index contributed by atoms with van der Waals surface area (Å²) in [4.78, 5) is 11.5. The van der Waals surface area contributed by atoms with Gasteiger partial charge in [-0.2, -0.15) is 0 Å². The molecule has 1 aromatic carbocycles. The van der Waals surface area contributed by atoms with Crippen LogP contribution in [0.5, 0.6) is 11.6 Å². The van der Waals surface area contributed by atoms with Crippen LogP contribution in [-0.4, -0.2) is 102 Å². The average Bonchev–Trinajstić information content (AvgIpc) is 3.76. The van der Waals surface area contributed by atoms with Crippen molar-refractivity contribution < 1.29 is 19.3 Å². The minimum absolute atomic E-state index is 0.187. The molecule has 48 heavy (non-hydrogen) atoms. The molecular formula is C33H47ClN10O4. The van der Waals surface area contributed by atoms with Crippen molar-refractivity contribution in [3.8, 4) is 22.8 Å². The fraction of sp³-hybridized carbons (Fsp3) is 0.576. The van der Waals surface area contributed by atoms with E-state index < -0.39 is 0 Å². The van der Waals surface area contributed by atoms with Crippen molar-refractivity contribution >= 4 is 23.2 Å². The van der Waals surface area contributed by atoms with E-state index >= 15 is 0 Å². The molecule has 14 nitrogen and oxygen atoms in total. The molecular weight excluding hydrogens is 636 g/mol. The number of benzene rings is 1. The molecule has 0 aliphatic heterocycles. The number of aliphatic hydroxyl groups excluding tert-OH is 1. The van der Waals surface area contributed by atoms with Crippen molar-refractivity contribution in [2.75, 3.05) is 38.8 Å². The maximum atomic E-state index is 9.78. The fourth-order valence-corrected chi connectivity index (χ4v) is 6.18. The van der Waals surface area contributed by atoms with Gasteiger partial charge in [-0.1, -0.05) is 24.6 Å². The Morgan fingerprint density at radius 3 is 2.58 bits per heavy atom. The van der Waals surface area contributed by atoms with Crippen LogP contribution in [0, 0.1) is 0 Å². The number of nitrogens with zero attached hydrogens (tertiary/aromatic N) is 9. The van der Waals surface area contributed by atoms with Crippen molar-refractivity contribution in [3.63, 3.8) is 0 Å². The molecule has 3 aromatic heterocycles. The lowest BCUT2D eigenvalue weighted by molar-refractivity contribution is 0.0774. The summed E-state index contributed by atoms with van der Waals surface area (Å²) in [6.45, 7) is 8.49. The first-order valence-corrected chi connectivity index (χ1v) is 17.1. The average molecular weight is 683 g/mol. The highest BCUT2D eigenvalue weighted by Crippen LogP contribution is 2.35. The van der Waals surface area contributed by atoms with Crippen LogP contribution in [0.3, 0.4) is 0 Å². The van der Waals surface area contributed by atoms with E-state index in [9.17, 15) is 5.11 Å². The summed E-state index contributed by atoms with van der Waals surface area (Å²) in [5, 5.41) is 29.7. The molecule has 2 N–H and O–H groups in total. The van der Waals surface area contributed by atoms with Crippen LogP contribution < -0.4 is 14.8 Å². The number of ether oxygens (including phenoxy) is 3. The Morgan fingerprint density at radius 2 is 1.90 bits per heavy atom. The van der Waals surface area contributed by atoms with Gasteiger partial charge in [-0.25, -0.2) is 14.6 Å². The van der Waals surface area contributed by atoms with Gasteiger partial charge in [-0.15, -0.1) is 10.2 Å². The van der Waals surface area contributed by atoms with Crippen LogP contribution >= 0.6 is 11.6 Å². The van der Waals surface area contributed by atoms with Crippen LogP contribution in [-0.2, 0) is 11.3 Å². The van der Waals surface area contributed by atoms with E-state index in [1.54, 1.807) is 29.5 Å². The third-order valence-electron chi connectivity index (χ3n) is 8.77. The van der Waals surface area contributed by atoms with E-state index in [2.05, 4.69) is 49.7 Å². The minimum Gasteiger partial charge on any atom is -0.487 e. The highest BCUT2D eigenvalue weighted by Gasteiger charge is 2.29. The number of nitrogens with one attached hydrogen (secondary N) is 1. The van der Waals surface area contributed by atoms with Gasteiger partial charge in [0.05, 0.1) is 37.0 Å². The summed E-state index contributed by atoms with van der Waals surface area (Å²) in [6, 6.07) is 6.49. The van der Waals surface area contributed by atoms with Gasteiger partial charge in [0.15, 0.2) is 0 Å². The first kappa shape index (κ1) is 35.5. The van der Waals surface area contributed by atoms with Gasteiger partial charge < -0.3 is 24.6 Å².